The average molecular weight is 1570 g/mol. The van der Waals surface area contributed by atoms with Crippen molar-refractivity contribution in [3.05, 3.63) is 109 Å². The van der Waals surface area contributed by atoms with E-state index in [1.807, 2.05) is 6.08 Å². The predicted octanol–water partition coefficient (Wildman–Crippen LogP) is 16.8. The highest BCUT2D eigenvalue weighted by Gasteiger charge is 2.54. The SMILES string of the molecule is CC/C=C\C/C=C\C/C=C\C/C=C\C/C=C\C/C=C\C/C=C\CCCCCCCCCCCCCC(=O)NC(COC1OC(CO)C(OC2OC(CO)C(OC3OC(CO)C(O)C(O)C3O)C(O)C2O)C(O)C1O)C(O)/C=C/CC/C=C/CCCCCCCCCCCCCCCCCCCCCCCCCCCCC. The van der Waals surface area contributed by atoms with Crippen molar-refractivity contribution in [2.45, 2.75) is 439 Å². The van der Waals surface area contributed by atoms with Gasteiger partial charge in [0.05, 0.1) is 38.6 Å². The van der Waals surface area contributed by atoms with E-state index in [0.717, 1.165) is 96.3 Å². The zero-order chi connectivity index (χ0) is 80.3. The summed E-state index contributed by atoms with van der Waals surface area (Å²) in [7, 11) is 0. The van der Waals surface area contributed by atoms with Crippen LogP contribution in [0.4, 0.5) is 0 Å². The van der Waals surface area contributed by atoms with Gasteiger partial charge in [0.15, 0.2) is 18.9 Å². The number of rotatable bonds is 71. The molecule has 19 heteroatoms. The van der Waals surface area contributed by atoms with E-state index in [1.165, 1.54) is 205 Å². The van der Waals surface area contributed by atoms with Gasteiger partial charge < -0.3 is 89.9 Å². The lowest BCUT2D eigenvalue weighted by atomic mass is 9.96. The minimum atomic E-state index is -1.99. The lowest BCUT2D eigenvalue weighted by molar-refractivity contribution is -0.379. The minimum Gasteiger partial charge on any atom is -0.394 e. The highest BCUT2D eigenvalue weighted by atomic mass is 16.8. The van der Waals surface area contributed by atoms with E-state index >= 15 is 0 Å². The number of ether oxygens (including phenoxy) is 6. The molecule has 0 saturated carbocycles. The largest absolute Gasteiger partial charge is 0.394 e. The molecule has 0 radical (unpaired) electrons. The van der Waals surface area contributed by atoms with Crippen LogP contribution in [0.3, 0.4) is 0 Å². The standard InChI is InChI=1S/C92H161NO18/c1-3-5-7-9-11-13-15-17-19-21-23-25-27-29-31-33-35-37-39-41-43-45-47-49-51-53-55-57-59-61-63-65-67-69-76(97)75(74-106-90-86(104)83(101)88(78(72-95)108-90)111-92-87(105)84(102)89(79(73-96)109-92)110-91-85(103)82(100)81(99)77(71-94)107-91)93-80(98)70-68-66-64-62-60-58-56-54-52-50-48-46-44-42-40-38-36-34-32-30-28-26-24-22-20-18-16-14-12-10-8-6-4-2/h6,8,12,14,18,20,24,26,30,32,36,38,42,44,59,61,67,69,75-79,81-92,94-97,99-105H,3-5,7,9-11,13,15-17,19,21-23,25,27-29,31,33-35,37,39-41,43,45-58,60,62-66,68,70-74H2,1-2H3,(H,93,98)/b8-6-,14-12-,20-18-,26-24-,32-30-,38-36-,44-42-,61-59+,69-67+. The molecule has 3 aliphatic rings. The molecule has 0 aromatic rings. The summed E-state index contributed by atoms with van der Waals surface area (Å²) in [6.45, 7) is 1.64. The summed E-state index contributed by atoms with van der Waals surface area (Å²) in [6, 6.07) is -1.00. The zero-order valence-corrected chi connectivity index (χ0v) is 69.2. The van der Waals surface area contributed by atoms with E-state index in [2.05, 4.69) is 116 Å². The lowest BCUT2D eigenvalue weighted by Crippen LogP contribution is -2.66. The van der Waals surface area contributed by atoms with Crippen LogP contribution < -0.4 is 5.32 Å². The van der Waals surface area contributed by atoms with Crippen LogP contribution in [-0.4, -0.2) is 193 Å². The second kappa shape index (κ2) is 70.6. The fraction of sp³-hybridized carbons (Fsp3) is 0.793. The van der Waals surface area contributed by atoms with Gasteiger partial charge in [0, 0.05) is 6.42 Å². The number of hydrogen-bond donors (Lipinski definition) is 12. The van der Waals surface area contributed by atoms with Gasteiger partial charge in [0.1, 0.15) is 73.2 Å². The molecule has 111 heavy (non-hydrogen) atoms. The van der Waals surface area contributed by atoms with Crippen molar-refractivity contribution in [1.82, 2.24) is 5.32 Å². The van der Waals surface area contributed by atoms with Crippen molar-refractivity contribution in [3.8, 4) is 0 Å². The molecule has 3 rings (SSSR count). The van der Waals surface area contributed by atoms with Crippen molar-refractivity contribution in [2.75, 3.05) is 26.4 Å². The molecular formula is C92H161NO18. The monoisotopic (exact) mass is 1570 g/mol. The third-order valence-electron chi connectivity index (χ3n) is 21.6. The Morgan fingerprint density at radius 2 is 0.631 bits per heavy atom. The normalized spacial score (nSPS) is 25.6. The fourth-order valence-corrected chi connectivity index (χ4v) is 14.5. The number of aliphatic hydroxyl groups excluding tert-OH is 11. The molecule has 0 aliphatic carbocycles. The number of nitrogens with one attached hydrogen (secondary N) is 1. The second-order valence-corrected chi connectivity index (χ2v) is 31.3. The topological polar surface area (TPSA) is 307 Å². The molecular weight excluding hydrogens is 1410 g/mol. The molecule has 12 N–H and O–H groups in total. The number of unbranched alkanes of at least 4 members (excludes halogenated alkanes) is 39. The van der Waals surface area contributed by atoms with Crippen LogP contribution in [0, 0.1) is 0 Å². The maximum atomic E-state index is 13.5. The van der Waals surface area contributed by atoms with Crippen LogP contribution in [-0.2, 0) is 33.2 Å². The van der Waals surface area contributed by atoms with Crippen molar-refractivity contribution >= 4 is 5.91 Å². The summed E-state index contributed by atoms with van der Waals surface area (Å²) in [5.41, 5.74) is 0. The van der Waals surface area contributed by atoms with Crippen LogP contribution in [0.2, 0.25) is 0 Å². The molecule has 0 spiro atoms. The summed E-state index contributed by atoms with van der Waals surface area (Å²) < 4.78 is 34.5. The Balaban J connectivity index is 1.35. The van der Waals surface area contributed by atoms with E-state index in [4.69, 9.17) is 28.4 Å². The Hall–Kier alpha value is -3.55. The van der Waals surface area contributed by atoms with Gasteiger partial charge in [0.25, 0.3) is 0 Å². The molecule has 17 atom stereocenters. The Kier molecular flexibility index (Phi) is 64.7. The summed E-state index contributed by atoms with van der Waals surface area (Å²) in [5.74, 6) is -0.289. The van der Waals surface area contributed by atoms with E-state index in [9.17, 15) is 61.0 Å². The maximum absolute atomic E-state index is 13.5. The van der Waals surface area contributed by atoms with Crippen molar-refractivity contribution < 1.29 is 89.4 Å². The Morgan fingerprint density at radius 3 is 1.01 bits per heavy atom. The molecule has 1 amide bonds. The maximum Gasteiger partial charge on any atom is 0.220 e. The Bertz CT molecular complexity index is 2430. The second-order valence-electron chi connectivity index (χ2n) is 31.3. The number of carbonyl (C=O) groups excluding carboxylic acids is 1. The van der Waals surface area contributed by atoms with Crippen molar-refractivity contribution in [2.24, 2.45) is 0 Å². The third-order valence-corrected chi connectivity index (χ3v) is 21.6. The first-order chi connectivity index (χ1) is 54.3. The molecule has 642 valence electrons. The van der Waals surface area contributed by atoms with Gasteiger partial charge in [-0.25, -0.2) is 0 Å². The number of allylic oxidation sites excluding steroid dienone is 17. The van der Waals surface area contributed by atoms with Gasteiger partial charge in [0.2, 0.25) is 5.91 Å². The minimum absolute atomic E-state index is 0.226. The van der Waals surface area contributed by atoms with Gasteiger partial charge in [-0.1, -0.05) is 348 Å². The van der Waals surface area contributed by atoms with E-state index in [-0.39, 0.29) is 18.9 Å². The molecule has 0 bridgehead atoms. The third kappa shape index (κ3) is 49.3. The molecule has 0 aromatic heterocycles. The summed E-state index contributed by atoms with van der Waals surface area (Å²) in [5, 5.41) is 121. The first kappa shape index (κ1) is 102. The molecule has 0 aromatic carbocycles. The summed E-state index contributed by atoms with van der Waals surface area (Å²) >= 11 is 0. The predicted molar refractivity (Wildman–Crippen MR) is 447 cm³/mol. The fourth-order valence-electron chi connectivity index (χ4n) is 14.5. The molecule has 3 saturated heterocycles. The van der Waals surface area contributed by atoms with Gasteiger partial charge >= 0.3 is 0 Å². The van der Waals surface area contributed by atoms with Gasteiger partial charge in [-0.05, 0) is 89.9 Å². The van der Waals surface area contributed by atoms with Crippen LogP contribution in [0.25, 0.3) is 0 Å². The number of amides is 1. The highest BCUT2D eigenvalue weighted by Crippen LogP contribution is 2.33. The summed E-state index contributed by atoms with van der Waals surface area (Å²) in [4.78, 5) is 13.5. The number of carbonyl (C=O) groups is 1. The first-order valence-corrected chi connectivity index (χ1v) is 44.6. The Morgan fingerprint density at radius 1 is 0.333 bits per heavy atom. The van der Waals surface area contributed by atoms with Gasteiger partial charge in [-0.3, -0.25) is 4.79 Å². The van der Waals surface area contributed by atoms with Crippen molar-refractivity contribution in [1.29, 1.82) is 0 Å². The van der Waals surface area contributed by atoms with E-state index in [1.54, 1.807) is 6.08 Å². The first-order valence-electron chi connectivity index (χ1n) is 44.6. The van der Waals surface area contributed by atoms with Crippen molar-refractivity contribution in [3.63, 3.8) is 0 Å². The van der Waals surface area contributed by atoms with Crippen LogP contribution in [0.5, 0.6) is 0 Å². The van der Waals surface area contributed by atoms with Gasteiger partial charge in [-0.2, -0.15) is 0 Å². The summed E-state index contributed by atoms with van der Waals surface area (Å²) in [6.07, 6.45) is 72.3. The smallest absolute Gasteiger partial charge is 0.220 e. The molecule has 17 unspecified atom stereocenters. The van der Waals surface area contributed by atoms with E-state index < -0.39 is 124 Å². The highest BCUT2D eigenvalue weighted by molar-refractivity contribution is 5.76. The van der Waals surface area contributed by atoms with E-state index in [0.29, 0.717) is 12.8 Å². The van der Waals surface area contributed by atoms with Gasteiger partial charge in [-0.15, -0.1) is 0 Å². The average Bonchev–Trinajstić information content (AvgIpc) is 0.780. The van der Waals surface area contributed by atoms with Crippen LogP contribution >= 0.6 is 0 Å². The number of hydrogen-bond acceptors (Lipinski definition) is 18. The van der Waals surface area contributed by atoms with Crippen LogP contribution in [0.1, 0.15) is 335 Å². The zero-order valence-electron chi connectivity index (χ0n) is 69.2. The molecule has 3 fully saturated rings. The quantitative estimate of drug-likeness (QED) is 0.0199. The molecule has 19 nitrogen and oxygen atoms in total. The Labute approximate surface area is 672 Å². The lowest BCUT2D eigenvalue weighted by Gasteiger charge is -2.48. The molecule has 3 heterocycles. The molecule has 3 aliphatic heterocycles. The number of aliphatic hydroxyl groups is 11. The van der Waals surface area contributed by atoms with Crippen LogP contribution in [0.15, 0.2) is 109 Å².